The van der Waals surface area contributed by atoms with E-state index in [2.05, 4.69) is 48.3 Å². The predicted octanol–water partition coefficient (Wildman–Crippen LogP) is 6.46. The van der Waals surface area contributed by atoms with E-state index in [0.717, 1.165) is 27.6 Å². The van der Waals surface area contributed by atoms with E-state index < -0.39 is 0 Å². The molecular weight excluding hydrogens is 420 g/mol. The molecule has 0 fully saturated rings. The fourth-order valence-corrected chi connectivity index (χ4v) is 4.15. The van der Waals surface area contributed by atoms with Gasteiger partial charge in [0.15, 0.2) is 6.61 Å². The lowest BCUT2D eigenvalue weighted by molar-refractivity contribution is -0.134. The van der Waals surface area contributed by atoms with Gasteiger partial charge in [0, 0.05) is 34.2 Å². The van der Waals surface area contributed by atoms with Gasteiger partial charge < -0.3 is 14.6 Å². The van der Waals surface area contributed by atoms with Gasteiger partial charge in [-0.1, -0.05) is 59.6 Å². The summed E-state index contributed by atoms with van der Waals surface area (Å²) in [5.41, 5.74) is 5.29. The summed E-state index contributed by atoms with van der Waals surface area (Å²) in [5, 5.41) is 1.79. The first kappa shape index (κ1) is 22.0. The average Bonchev–Trinajstić information content (AvgIpc) is 3.22. The van der Waals surface area contributed by atoms with E-state index in [0.29, 0.717) is 17.3 Å². The molecule has 0 saturated carbocycles. The van der Waals surface area contributed by atoms with E-state index in [-0.39, 0.29) is 18.6 Å². The van der Waals surface area contributed by atoms with E-state index in [1.807, 2.05) is 43.1 Å². The zero-order valence-electron chi connectivity index (χ0n) is 18.6. The summed E-state index contributed by atoms with van der Waals surface area (Å²) in [6.45, 7) is 6.49. The molecule has 1 amide bonds. The Morgan fingerprint density at radius 1 is 1.06 bits per heavy atom. The van der Waals surface area contributed by atoms with Crippen LogP contribution in [-0.2, 0) is 4.79 Å². The van der Waals surface area contributed by atoms with Crippen LogP contribution in [0.4, 0.5) is 0 Å². The van der Waals surface area contributed by atoms with E-state index in [1.54, 1.807) is 12.1 Å². The van der Waals surface area contributed by atoms with Crippen LogP contribution < -0.4 is 4.74 Å². The Bertz CT molecular complexity index is 1230. The number of rotatable bonds is 7. The number of carbonyl (C=O) groups is 1. The zero-order valence-corrected chi connectivity index (χ0v) is 19.3. The van der Waals surface area contributed by atoms with Crippen molar-refractivity contribution in [3.8, 4) is 5.75 Å². The summed E-state index contributed by atoms with van der Waals surface area (Å²) < 4.78 is 5.84. The summed E-state index contributed by atoms with van der Waals surface area (Å²) in [4.78, 5) is 18.6. The normalized spacial score (nSPS) is 12.0. The average molecular weight is 447 g/mol. The van der Waals surface area contributed by atoms with Gasteiger partial charge in [0.05, 0.1) is 6.04 Å². The molecular formula is C27H27ClN2O2. The predicted molar refractivity (Wildman–Crippen MR) is 130 cm³/mol. The third kappa shape index (κ3) is 4.51. The number of likely N-dealkylation sites (N-methyl/N-ethyl adjacent to an activating group) is 1. The third-order valence-electron chi connectivity index (χ3n) is 5.77. The number of hydrogen-bond acceptors (Lipinski definition) is 2. The highest BCUT2D eigenvalue weighted by Gasteiger charge is 2.28. The first-order valence-electron chi connectivity index (χ1n) is 10.8. The molecule has 1 atom stereocenters. The molecule has 1 aromatic heterocycles. The van der Waals surface area contributed by atoms with Crippen molar-refractivity contribution >= 4 is 28.4 Å². The van der Waals surface area contributed by atoms with Crippen molar-refractivity contribution in [1.29, 1.82) is 0 Å². The van der Waals surface area contributed by atoms with Crippen molar-refractivity contribution in [3.63, 3.8) is 0 Å². The fourth-order valence-electron chi connectivity index (χ4n) is 4.03. The van der Waals surface area contributed by atoms with Crippen molar-refractivity contribution in [1.82, 2.24) is 9.88 Å². The molecule has 5 heteroatoms. The van der Waals surface area contributed by atoms with Gasteiger partial charge in [0.1, 0.15) is 5.75 Å². The number of ether oxygens (including phenoxy) is 1. The van der Waals surface area contributed by atoms with Gasteiger partial charge >= 0.3 is 0 Å². The van der Waals surface area contributed by atoms with E-state index >= 15 is 0 Å². The Morgan fingerprint density at radius 3 is 2.53 bits per heavy atom. The highest BCUT2D eigenvalue weighted by atomic mass is 35.5. The summed E-state index contributed by atoms with van der Waals surface area (Å²) in [6.07, 6.45) is 2.01. The van der Waals surface area contributed by atoms with Gasteiger partial charge in [-0.2, -0.15) is 0 Å². The van der Waals surface area contributed by atoms with Gasteiger partial charge in [-0.05, 0) is 56.2 Å². The number of carbonyl (C=O) groups excluding carboxylic acids is 1. The van der Waals surface area contributed by atoms with Crippen LogP contribution in [0.5, 0.6) is 5.75 Å². The number of aromatic amines is 1. The number of aromatic nitrogens is 1. The first-order valence-corrected chi connectivity index (χ1v) is 11.2. The minimum atomic E-state index is -0.222. The summed E-state index contributed by atoms with van der Waals surface area (Å²) >= 11 is 6.11. The summed E-state index contributed by atoms with van der Waals surface area (Å²) in [7, 11) is 0. The maximum absolute atomic E-state index is 13.4. The van der Waals surface area contributed by atoms with Crippen LogP contribution in [0.2, 0.25) is 5.02 Å². The lowest BCUT2D eigenvalue weighted by Crippen LogP contribution is -2.38. The SMILES string of the molecule is CCN(C(=O)COc1ccc(Cl)c(C)c1)C(c1ccc(C)cc1)c1c[nH]c2ccccc12. The Kier molecular flexibility index (Phi) is 6.52. The number of benzene rings is 3. The number of nitrogens with zero attached hydrogens (tertiary/aromatic N) is 1. The van der Waals surface area contributed by atoms with Crippen LogP contribution in [-0.4, -0.2) is 28.9 Å². The quantitative estimate of drug-likeness (QED) is 0.354. The summed E-state index contributed by atoms with van der Waals surface area (Å²) in [6, 6.07) is 21.7. The van der Waals surface area contributed by atoms with Crippen molar-refractivity contribution < 1.29 is 9.53 Å². The molecule has 164 valence electrons. The number of H-pyrrole nitrogens is 1. The molecule has 0 aliphatic heterocycles. The van der Waals surface area contributed by atoms with Gasteiger partial charge in [0.2, 0.25) is 0 Å². The first-order chi connectivity index (χ1) is 15.5. The number of amides is 1. The molecule has 0 aliphatic rings. The van der Waals surface area contributed by atoms with Crippen molar-refractivity contribution in [2.75, 3.05) is 13.2 Å². The number of aryl methyl sites for hydroxylation is 2. The van der Waals surface area contributed by atoms with E-state index in [4.69, 9.17) is 16.3 Å². The van der Waals surface area contributed by atoms with Crippen molar-refractivity contribution in [3.05, 3.63) is 100 Å². The maximum Gasteiger partial charge on any atom is 0.261 e. The topological polar surface area (TPSA) is 45.3 Å². The van der Waals surface area contributed by atoms with Gasteiger partial charge in [-0.3, -0.25) is 4.79 Å². The highest BCUT2D eigenvalue weighted by molar-refractivity contribution is 6.31. The molecule has 0 saturated heterocycles. The molecule has 0 bridgehead atoms. The number of para-hydroxylation sites is 1. The minimum absolute atomic E-state index is 0.0420. The van der Waals surface area contributed by atoms with Crippen molar-refractivity contribution in [2.45, 2.75) is 26.8 Å². The van der Waals surface area contributed by atoms with Gasteiger partial charge in [0.25, 0.3) is 5.91 Å². The standard InChI is InChI=1S/C27H27ClN2O2/c1-4-30(26(31)17-32-21-13-14-24(28)19(3)15-21)27(20-11-9-18(2)10-12-20)23-16-29-25-8-6-5-7-22(23)25/h5-16,27,29H,4,17H2,1-3H3. The van der Waals surface area contributed by atoms with Crippen LogP contribution in [0.3, 0.4) is 0 Å². The molecule has 4 aromatic rings. The zero-order chi connectivity index (χ0) is 22.7. The molecule has 0 radical (unpaired) electrons. The Labute approximate surface area is 193 Å². The van der Waals surface area contributed by atoms with Crippen LogP contribution in [0.15, 0.2) is 72.9 Å². The molecule has 3 aromatic carbocycles. The number of nitrogens with one attached hydrogen (secondary N) is 1. The molecule has 4 nitrogen and oxygen atoms in total. The second kappa shape index (κ2) is 9.49. The third-order valence-corrected chi connectivity index (χ3v) is 6.20. The Hall–Kier alpha value is -3.24. The molecule has 1 N–H and O–H groups in total. The number of halogens is 1. The van der Waals surface area contributed by atoms with E-state index in [1.165, 1.54) is 5.56 Å². The monoisotopic (exact) mass is 446 g/mol. The largest absolute Gasteiger partial charge is 0.484 e. The Morgan fingerprint density at radius 2 is 1.81 bits per heavy atom. The molecule has 0 spiro atoms. The minimum Gasteiger partial charge on any atom is -0.484 e. The lowest BCUT2D eigenvalue weighted by atomic mass is 9.95. The van der Waals surface area contributed by atoms with Crippen LogP contribution in [0.25, 0.3) is 10.9 Å². The molecule has 32 heavy (non-hydrogen) atoms. The van der Waals surface area contributed by atoms with Crippen LogP contribution >= 0.6 is 11.6 Å². The smallest absolute Gasteiger partial charge is 0.261 e. The lowest BCUT2D eigenvalue weighted by Gasteiger charge is -2.31. The van der Waals surface area contributed by atoms with Crippen LogP contribution in [0, 0.1) is 13.8 Å². The Balaban J connectivity index is 1.67. The number of hydrogen-bond donors (Lipinski definition) is 1. The molecule has 4 rings (SSSR count). The molecule has 0 aliphatic carbocycles. The molecule has 1 unspecified atom stereocenters. The fraction of sp³-hybridized carbons (Fsp3) is 0.222. The van der Waals surface area contributed by atoms with Gasteiger partial charge in [-0.25, -0.2) is 0 Å². The van der Waals surface area contributed by atoms with Crippen LogP contribution in [0.1, 0.15) is 35.2 Å². The second-order valence-corrected chi connectivity index (χ2v) is 8.39. The van der Waals surface area contributed by atoms with Gasteiger partial charge in [-0.15, -0.1) is 0 Å². The van der Waals surface area contributed by atoms with Crippen molar-refractivity contribution in [2.24, 2.45) is 0 Å². The number of fused-ring (bicyclic) bond motifs is 1. The summed E-state index contributed by atoms with van der Waals surface area (Å²) in [5.74, 6) is 0.561. The van der Waals surface area contributed by atoms with E-state index in [9.17, 15) is 4.79 Å². The molecule has 1 heterocycles. The maximum atomic E-state index is 13.4. The second-order valence-electron chi connectivity index (χ2n) is 7.98. The highest BCUT2D eigenvalue weighted by Crippen LogP contribution is 2.34.